The summed E-state index contributed by atoms with van der Waals surface area (Å²) in [6.07, 6.45) is 5.53. The van der Waals surface area contributed by atoms with E-state index in [0.29, 0.717) is 59.1 Å². The first-order chi connectivity index (χ1) is 23.6. The number of aryl methyl sites for hydroxylation is 2. The van der Waals surface area contributed by atoms with Crippen molar-refractivity contribution in [1.82, 2.24) is 0 Å². The van der Waals surface area contributed by atoms with Crippen LogP contribution in [0.1, 0.15) is 106 Å². The number of hydrogen-bond donors (Lipinski definition) is 1. The molecule has 0 saturated heterocycles. The van der Waals surface area contributed by atoms with Gasteiger partial charge in [0, 0.05) is 42.4 Å². The number of benzene rings is 2. The minimum absolute atomic E-state index is 0.0132. The van der Waals surface area contributed by atoms with Crippen LogP contribution in [0.25, 0.3) is 11.0 Å². The zero-order valence-electron chi connectivity index (χ0n) is 29.1. The van der Waals surface area contributed by atoms with Crippen molar-refractivity contribution in [2.45, 2.75) is 116 Å². The summed E-state index contributed by atoms with van der Waals surface area (Å²) >= 11 is 0. The Morgan fingerprint density at radius 3 is 2.27 bits per heavy atom. The van der Waals surface area contributed by atoms with Crippen LogP contribution in [0.2, 0.25) is 0 Å². The lowest BCUT2D eigenvalue weighted by Crippen LogP contribution is -2.58. The Morgan fingerprint density at radius 2 is 1.59 bits per heavy atom. The van der Waals surface area contributed by atoms with Crippen LogP contribution in [-0.4, -0.2) is 42.5 Å². The van der Waals surface area contributed by atoms with Crippen molar-refractivity contribution >= 4 is 22.9 Å². The maximum Gasteiger partial charge on any atom is 0.339 e. The van der Waals surface area contributed by atoms with E-state index in [9.17, 15) is 19.5 Å². The molecule has 1 fully saturated rings. The lowest BCUT2D eigenvalue weighted by atomic mass is 9.71. The molecule has 7 rings (SSSR count). The van der Waals surface area contributed by atoms with Gasteiger partial charge in [-0.05, 0) is 88.1 Å². The first kappa shape index (κ1) is 34.9. The molecular formula is C40H48O9. The molecule has 2 aromatic carbocycles. The number of fused-ring (bicyclic) bond motifs is 13. The van der Waals surface area contributed by atoms with Crippen molar-refractivity contribution in [2.24, 2.45) is 5.92 Å². The third kappa shape index (κ3) is 7.06. The molecule has 4 heterocycles. The number of rotatable bonds is 5. The highest BCUT2D eigenvalue weighted by atomic mass is 16.6. The van der Waals surface area contributed by atoms with E-state index in [4.69, 9.17) is 23.4 Å². The van der Waals surface area contributed by atoms with Crippen molar-refractivity contribution in [1.29, 1.82) is 0 Å². The fraction of sp³-hybridized carbons (Fsp3) is 0.525. The molecule has 0 amide bonds. The van der Waals surface area contributed by atoms with Crippen LogP contribution in [0.15, 0.2) is 56.8 Å². The number of aliphatic hydroxyl groups excluding tert-OH is 1. The second kappa shape index (κ2) is 14.9. The molecule has 1 aromatic heterocycles. The van der Waals surface area contributed by atoms with Gasteiger partial charge in [0.25, 0.3) is 0 Å². The molecule has 1 N–H and O–H groups in total. The quantitative estimate of drug-likeness (QED) is 0.173. The van der Waals surface area contributed by atoms with E-state index in [2.05, 4.69) is 24.3 Å². The second-order valence-corrected chi connectivity index (χ2v) is 14.1. The minimum Gasteiger partial charge on any atom is -0.483 e. The van der Waals surface area contributed by atoms with Crippen LogP contribution in [0.3, 0.4) is 0 Å². The van der Waals surface area contributed by atoms with Crippen LogP contribution in [0, 0.1) is 5.92 Å². The highest BCUT2D eigenvalue weighted by Gasteiger charge is 2.56. The van der Waals surface area contributed by atoms with E-state index >= 15 is 0 Å². The van der Waals surface area contributed by atoms with E-state index in [1.165, 1.54) is 0 Å². The highest BCUT2D eigenvalue weighted by Crippen LogP contribution is 2.52. The third-order valence-corrected chi connectivity index (χ3v) is 10.7. The molecule has 3 atom stereocenters. The first-order valence-electron chi connectivity index (χ1n) is 17.7. The first-order valence-corrected chi connectivity index (χ1v) is 17.7. The molecule has 0 radical (unpaired) electrons. The lowest BCUT2D eigenvalue weighted by Gasteiger charge is -2.49. The van der Waals surface area contributed by atoms with Crippen LogP contribution in [0.5, 0.6) is 5.75 Å². The monoisotopic (exact) mass is 672 g/mol. The maximum atomic E-state index is 14.3. The van der Waals surface area contributed by atoms with Gasteiger partial charge < -0.3 is 28.5 Å². The Balaban J connectivity index is 1.54. The van der Waals surface area contributed by atoms with E-state index in [1.54, 1.807) is 19.2 Å². The van der Waals surface area contributed by atoms with Gasteiger partial charge in [-0.2, -0.15) is 0 Å². The SMILES string of the molecule is COCCc1c(CO)c2ccc3c(c2oc1=O)[C@H]1OC(=O)CCCc2ccc(cc2)CCC(=C(C)C)C(=O)O[C@@H]1[C@](C)(C1CCCCC1)O3. The normalized spacial score (nSPS) is 23.7. The highest BCUT2D eigenvalue weighted by molar-refractivity contribution is 5.90. The Hall–Kier alpha value is -3.95. The Bertz CT molecular complexity index is 1780. The molecule has 0 spiro atoms. The predicted molar refractivity (Wildman–Crippen MR) is 184 cm³/mol. The molecule has 4 aliphatic rings. The zero-order chi connectivity index (χ0) is 34.7. The third-order valence-electron chi connectivity index (χ3n) is 10.7. The van der Waals surface area contributed by atoms with Crippen molar-refractivity contribution in [3.8, 4) is 5.75 Å². The molecule has 9 heteroatoms. The molecule has 2 bridgehead atoms. The van der Waals surface area contributed by atoms with Crippen molar-refractivity contribution < 1.29 is 38.1 Å². The van der Waals surface area contributed by atoms with Crippen LogP contribution in [0.4, 0.5) is 0 Å². The molecule has 3 aliphatic heterocycles. The number of carbonyl (C=O) groups excluding carboxylic acids is 2. The molecule has 262 valence electrons. The van der Waals surface area contributed by atoms with Crippen molar-refractivity contribution in [3.63, 3.8) is 0 Å². The van der Waals surface area contributed by atoms with E-state index in [-0.39, 0.29) is 30.9 Å². The predicted octanol–water partition coefficient (Wildman–Crippen LogP) is 7.01. The average molecular weight is 673 g/mol. The summed E-state index contributed by atoms with van der Waals surface area (Å²) in [4.78, 5) is 41.6. The fourth-order valence-corrected chi connectivity index (χ4v) is 7.93. The topological polar surface area (TPSA) is 122 Å². The average Bonchev–Trinajstić information content (AvgIpc) is 3.09. The number of carbonyl (C=O) groups is 2. The number of allylic oxidation sites excluding steroid dienone is 1. The largest absolute Gasteiger partial charge is 0.483 e. The number of methoxy groups -OCH3 is 1. The fourth-order valence-electron chi connectivity index (χ4n) is 7.93. The van der Waals surface area contributed by atoms with Gasteiger partial charge in [0.1, 0.15) is 16.9 Å². The summed E-state index contributed by atoms with van der Waals surface area (Å²) in [6.45, 7) is 5.63. The smallest absolute Gasteiger partial charge is 0.339 e. The van der Waals surface area contributed by atoms with Gasteiger partial charge in [-0.3, -0.25) is 4.79 Å². The van der Waals surface area contributed by atoms with E-state index < -0.39 is 42.0 Å². The standard InChI is InChI=1S/C40H48O9/c1-24(2)28-18-17-26-15-13-25(14-16-26)9-8-12-33(42)46-36-34-32(49-40(3,37(36)48-38(28)43)27-10-6-5-7-11-27)20-19-29-31(23-41)30(21-22-45-4)39(44)47-35(29)34/h13-16,19-20,27,36-37,41H,5-12,17-18,21-23H2,1-4H3/t36-,37+,40+/m1/s1. The Morgan fingerprint density at radius 1 is 0.878 bits per heavy atom. The van der Waals surface area contributed by atoms with Crippen LogP contribution < -0.4 is 10.4 Å². The van der Waals surface area contributed by atoms with Crippen LogP contribution in [-0.2, 0) is 49.7 Å². The minimum atomic E-state index is -1.13. The summed E-state index contributed by atoms with van der Waals surface area (Å²) in [5, 5.41) is 11.0. The summed E-state index contributed by atoms with van der Waals surface area (Å²) < 4.78 is 31.1. The Labute approximate surface area is 287 Å². The molecule has 0 unspecified atom stereocenters. The maximum absolute atomic E-state index is 14.3. The Kier molecular flexibility index (Phi) is 10.6. The van der Waals surface area contributed by atoms with Gasteiger partial charge in [0.15, 0.2) is 12.2 Å². The van der Waals surface area contributed by atoms with Gasteiger partial charge in [-0.1, -0.05) is 49.1 Å². The number of esters is 2. The molecule has 1 aliphatic carbocycles. The number of aliphatic hydroxyl groups is 1. The van der Waals surface area contributed by atoms with Crippen LogP contribution >= 0.6 is 0 Å². The van der Waals surface area contributed by atoms with Crippen molar-refractivity contribution in [3.05, 3.63) is 85.8 Å². The molecular weight excluding hydrogens is 624 g/mol. The summed E-state index contributed by atoms with van der Waals surface area (Å²) in [5.74, 6) is -0.518. The second-order valence-electron chi connectivity index (χ2n) is 14.1. The number of ether oxygens (including phenoxy) is 4. The van der Waals surface area contributed by atoms with Gasteiger partial charge in [0.05, 0.1) is 18.8 Å². The van der Waals surface area contributed by atoms with Gasteiger partial charge in [-0.15, -0.1) is 0 Å². The molecule has 3 aromatic rings. The summed E-state index contributed by atoms with van der Waals surface area (Å²) in [6, 6.07) is 11.9. The summed E-state index contributed by atoms with van der Waals surface area (Å²) in [5.41, 5.74) is 3.20. The molecule has 9 nitrogen and oxygen atoms in total. The lowest BCUT2D eigenvalue weighted by molar-refractivity contribution is -0.200. The van der Waals surface area contributed by atoms with E-state index in [1.807, 2.05) is 20.8 Å². The van der Waals surface area contributed by atoms with Gasteiger partial charge in [0.2, 0.25) is 0 Å². The van der Waals surface area contributed by atoms with Crippen molar-refractivity contribution in [2.75, 3.05) is 13.7 Å². The molecule has 49 heavy (non-hydrogen) atoms. The van der Waals surface area contributed by atoms with Gasteiger partial charge >= 0.3 is 17.6 Å². The zero-order valence-corrected chi connectivity index (χ0v) is 29.1. The van der Waals surface area contributed by atoms with E-state index in [0.717, 1.165) is 48.8 Å². The molecule has 1 saturated carbocycles. The number of hydrogen-bond acceptors (Lipinski definition) is 9. The summed E-state index contributed by atoms with van der Waals surface area (Å²) in [7, 11) is 1.54. The van der Waals surface area contributed by atoms with Gasteiger partial charge in [-0.25, -0.2) is 9.59 Å².